The summed E-state index contributed by atoms with van der Waals surface area (Å²) in [6.07, 6.45) is -1.09. The number of rotatable bonds is 17. The Bertz CT molecular complexity index is 1030. The van der Waals surface area contributed by atoms with Crippen LogP contribution in [0.4, 0.5) is 0 Å². The third-order valence-electron chi connectivity index (χ3n) is 6.07. The third kappa shape index (κ3) is 11.8. The lowest BCUT2D eigenvalue weighted by Crippen LogP contribution is -2.59. The van der Waals surface area contributed by atoms with E-state index in [1.807, 2.05) is 0 Å². The van der Waals surface area contributed by atoms with E-state index in [1.165, 1.54) is 24.3 Å². The zero-order chi connectivity index (χ0) is 29.7. The lowest BCUT2D eigenvalue weighted by Gasteiger charge is -2.28. The van der Waals surface area contributed by atoms with E-state index in [0.29, 0.717) is 12.0 Å². The van der Waals surface area contributed by atoms with Crippen molar-refractivity contribution < 1.29 is 49.2 Å². The molecule has 3 amide bonds. The average Bonchev–Trinajstić information content (AvgIpc) is 2.87. The van der Waals surface area contributed by atoms with Crippen molar-refractivity contribution in [3.8, 4) is 5.75 Å². The maximum atomic E-state index is 13.3. The second-order valence-electron chi connectivity index (χ2n) is 9.17. The Balaban J connectivity index is 3.15. The summed E-state index contributed by atoms with van der Waals surface area (Å²) in [6, 6.07) is 0.573. The Hall–Kier alpha value is -4.20. The monoisotopic (exact) mass is 552 g/mol. The molecule has 0 saturated heterocycles. The molecule has 0 aliphatic heterocycles. The van der Waals surface area contributed by atoms with E-state index in [-0.39, 0.29) is 31.4 Å². The standard InChI is InChI=1S/C25H36N4O10/c1-3-13(2)21(24(37)27-17(25(38)39)9-11-20(33)34)29-23(36)18(12-14-4-6-15(30)7-5-14)28-22(35)16(26)8-10-19(31)32/h4-7,13,16-18,21,30H,3,8-12,26H2,1-2H3,(H,27,37)(H,28,35)(H,29,36)(H,31,32)(H,33,34)(H,38,39). The molecule has 0 saturated carbocycles. The first-order valence-corrected chi connectivity index (χ1v) is 12.4. The van der Waals surface area contributed by atoms with Crippen molar-refractivity contribution in [2.45, 2.75) is 76.5 Å². The Kier molecular flexibility index (Phi) is 13.4. The number of benzene rings is 1. The Morgan fingerprint density at radius 1 is 0.795 bits per heavy atom. The van der Waals surface area contributed by atoms with E-state index in [0.717, 1.165) is 0 Å². The van der Waals surface area contributed by atoms with Crippen LogP contribution in [0.15, 0.2) is 24.3 Å². The van der Waals surface area contributed by atoms with Gasteiger partial charge in [-0.2, -0.15) is 0 Å². The molecule has 0 aliphatic rings. The zero-order valence-electron chi connectivity index (χ0n) is 21.8. The topological polar surface area (TPSA) is 245 Å². The molecule has 14 nitrogen and oxygen atoms in total. The van der Waals surface area contributed by atoms with Crippen LogP contribution in [0.3, 0.4) is 0 Å². The number of aromatic hydroxyl groups is 1. The number of hydrogen-bond donors (Lipinski definition) is 8. The minimum atomic E-state index is -1.50. The van der Waals surface area contributed by atoms with Crippen LogP contribution in [0.25, 0.3) is 0 Å². The van der Waals surface area contributed by atoms with Crippen molar-refractivity contribution in [2.75, 3.05) is 0 Å². The Morgan fingerprint density at radius 3 is 1.85 bits per heavy atom. The summed E-state index contributed by atoms with van der Waals surface area (Å²) in [5.74, 6) is -6.76. The number of nitrogens with two attached hydrogens (primary N) is 1. The van der Waals surface area contributed by atoms with Crippen LogP contribution in [0.2, 0.25) is 0 Å². The predicted octanol–water partition coefficient (Wildman–Crippen LogP) is -0.423. The molecule has 5 unspecified atom stereocenters. The smallest absolute Gasteiger partial charge is 0.326 e. The fourth-order valence-electron chi connectivity index (χ4n) is 3.51. The van der Waals surface area contributed by atoms with Crippen molar-refractivity contribution in [2.24, 2.45) is 11.7 Å². The quantitative estimate of drug-likeness (QED) is 0.123. The lowest BCUT2D eigenvalue weighted by atomic mass is 9.96. The molecule has 216 valence electrons. The molecule has 0 fully saturated rings. The summed E-state index contributed by atoms with van der Waals surface area (Å²) in [7, 11) is 0. The fraction of sp³-hybridized carbons (Fsp3) is 0.520. The van der Waals surface area contributed by atoms with Gasteiger partial charge in [0.2, 0.25) is 17.7 Å². The van der Waals surface area contributed by atoms with Gasteiger partial charge >= 0.3 is 17.9 Å². The van der Waals surface area contributed by atoms with E-state index in [1.54, 1.807) is 13.8 Å². The highest BCUT2D eigenvalue weighted by molar-refractivity contribution is 5.94. The van der Waals surface area contributed by atoms with Crippen LogP contribution in [0, 0.1) is 5.92 Å². The van der Waals surface area contributed by atoms with Crippen LogP contribution in [0.5, 0.6) is 5.75 Å². The van der Waals surface area contributed by atoms with E-state index in [2.05, 4.69) is 16.0 Å². The molecule has 1 aromatic carbocycles. The number of carbonyl (C=O) groups excluding carboxylic acids is 3. The van der Waals surface area contributed by atoms with Crippen molar-refractivity contribution in [3.63, 3.8) is 0 Å². The average molecular weight is 553 g/mol. The summed E-state index contributed by atoms with van der Waals surface area (Å²) in [5.41, 5.74) is 6.32. The van der Waals surface area contributed by atoms with Gasteiger partial charge in [-0.3, -0.25) is 24.0 Å². The number of phenolic OH excluding ortho intramolecular Hbond substituents is 1. The first-order chi connectivity index (χ1) is 18.2. The number of phenols is 1. The van der Waals surface area contributed by atoms with Gasteiger partial charge in [0.05, 0.1) is 6.04 Å². The Labute approximate surface area is 225 Å². The molecule has 9 N–H and O–H groups in total. The molecule has 14 heteroatoms. The van der Waals surface area contributed by atoms with Gasteiger partial charge in [-0.15, -0.1) is 0 Å². The summed E-state index contributed by atoms with van der Waals surface area (Å²) in [5, 5.41) is 43.9. The van der Waals surface area contributed by atoms with Crippen molar-refractivity contribution in [1.82, 2.24) is 16.0 Å². The zero-order valence-corrected chi connectivity index (χ0v) is 21.8. The molecule has 0 radical (unpaired) electrons. The van der Waals surface area contributed by atoms with Gasteiger partial charge in [0.25, 0.3) is 0 Å². The molecule has 0 spiro atoms. The molecular formula is C25H36N4O10. The number of carboxylic acids is 3. The molecular weight excluding hydrogens is 516 g/mol. The number of carbonyl (C=O) groups is 6. The maximum absolute atomic E-state index is 13.3. The second-order valence-corrected chi connectivity index (χ2v) is 9.17. The summed E-state index contributed by atoms with van der Waals surface area (Å²) >= 11 is 0. The first kappa shape index (κ1) is 32.8. The summed E-state index contributed by atoms with van der Waals surface area (Å²) in [6.45, 7) is 3.39. The number of amides is 3. The molecule has 5 atom stereocenters. The van der Waals surface area contributed by atoms with Crippen LogP contribution >= 0.6 is 0 Å². The van der Waals surface area contributed by atoms with E-state index in [9.17, 15) is 39.0 Å². The fourth-order valence-corrected chi connectivity index (χ4v) is 3.51. The van der Waals surface area contributed by atoms with E-state index >= 15 is 0 Å². The molecule has 0 bridgehead atoms. The molecule has 0 aliphatic carbocycles. The highest BCUT2D eigenvalue weighted by Gasteiger charge is 2.33. The number of carboxylic acid groups (broad SMARTS) is 3. The van der Waals surface area contributed by atoms with Gasteiger partial charge in [0.15, 0.2) is 0 Å². The summed E-state index contributed by atoms with van der Waals surface area (Å²) in [4.78, 5) is 72.2. The molecule has 39 heavy (non-hydrogen) atoms. The Morgan fingerprint density at radius 2 is 1.33 bits per heavy atom. The third-order valence-corrected chi connectivity index (χ3v) is 6.07. The van der Waals surface area contributed by atoms with Crippen LogP contribution in [0.1, 0.15) is 51.5 Å². The number of aliphatic carboxylic acids is 3. The predicted molar refractivity (Wildman–Crippen MR) is 136 cm³/mol. The largest absolute Gasteiger partial charge is 0.508 e. The SMILES string of the molecule is CCC(C)C(NC(=O)C(Cc1ccc(O)cc1)NC(=O)C(N)CCC(=O)O)C(=O)NC(CCC(=O)O)C(=O)O. The van der Waals surface area contributed by atoms with E-state index < -0.39 is 72.1 Å². The second kappa shape index (κ2) is 15.9. The van der Waals surface area contributed by atoms with Crippen molar-refractivity contribution in [3.05, 3.63) is 29.8 Å². The lowest BCUT2D eigenvalue weighted by molar-refractivity contribution is -0.144. The summed E-state index contributed by atoms with van der Waals surface area (Å²) < 4.78 is 0. The van der Waals surface area contributed by atoms with Gasteiger partial charge in [0, 0.05) is 19.3 Å². The highest BCUT2D eigenvalue weighted by Crippen LogP contribution is 2.14. The van der Waals surface area contributed by atoms with Crippen LogP contribution in [-0.2, 0) is 35.2 Å². The van der Waals surface area contributed by atoms with Crippen LogP contribution < -0.4 is 21.7 Å². The molecule has 0 aromatic heterocycles. The maximum Gasteiger partial charge on any atom is 0.326 e. The molecule has 1 aromatic rings. The minimum absolute atomic E-state index is 0.0242. The van der Waals surface area contributed by atoms with Gasteiger partial charge in [-0.1, -0.05) is 32.4 Å². The highest BCUT2D eigenvalue weighted by atomic mass is 16.4. The number of nitrogens with one attached hydrogen (secondary N) is 3. The van der Waals surface area contributed by atoms with Crippen molar-refractivity contribution in [1.29, 1.82) is 0 Å². The minimum Gasteiger partial charge on any atom is -0.508 e. The van der Waals surface area contributed by atoms with E-state index in [4.69, 9.17) is 15.9 Å². The normalized spacial score (nSPS) is 14.6. The van der Waals surface area contributed by atoms with Crippen molar-refractivity contribution >= 4 is 35.6 Å². The van der Waals surface area contributed by atoms with Gasteiger partial charge in [-0.25, -0.2) is 4.79 Å². The number of hydrogen-bond acceptors (Lipinski definition) is 8. The first-order valence-electron chi connectivity index (χ1n) is 12.4. The van der Waals surface area contributed by atoms with Gasteiger partial charge < -0.3 is 42.1 Å². The van der Waals surface area contributed by atoms with Crippen LogP contribution in [-0.4, -0.2) is 80.2 Å². The molecule has 1 rings (SSSR count). The van der Waals surface area contributed by atoms with Gasteiger partial charge in [0.1, 0.15) is 23.9 Å². The van der Waals surface area contributed by atoms with Gasteiger partial charge in [-0.05, 0) is 36.5 Å². The molecule has 0 heterocycles.